The molecular weight excluding hydrogens is 268 g/mol. The minimum Gasteiger partial charge on any atom is -0.465 e. The van der Waals surface area contributed by atoms with Crippen LogP contribution in [0.15, 0.2) is 30.5 Å². The van der Waals surface area contributed by atoms with E-state index in [9.17, 15) is 9.59 Å². The number of rotatable bonds is 3. The quantitative estimate of drug-likeness (QED) is 0.641. The second-order valence-corrected chi connectivity index (χ2v) is 4.59. The van der Waals surface area contributed by atoms with Crippen molar-refractivity contribution in [3.63, 3.8) is 0 Å². The molecule has 0 atom stereocenters. The third-order valence-corrected chi connectivity index (χ3v) is 3.32. The number of carbonyl (C=O) groups excluding carboxylic acids is 2. The Hall–Kier alpha value is -2.87. The zero-order valence-corrected chi connectivity index (χ0v) is 12.0. The first kappa shape index (κ1) is 14.5. The largest absolute Gasteiger partial charge is 0.465 e. The Labute approximate surface area is 122 Å². The Morgan fingerprint density at radius 2 is 1.95 bits per heavy atom. The summed E-state index contributed by atoms with van der Waals surface area (Å²) in [5.74, 6) is -0.660. The summed E-state index contributed by atoms with van der Waals surface area (Å²) in [4.78, 5) is 23.7. The number of ketones is 1. The van der Waals surface area contributed by atoms with Crippen LogP contribution in [0.5, 0.6) is 0 Å². The van der Waals surface area contributed by atoms with Gasteiger partial charge in [0.25, 0.3) is 0 Å². The average Bonchev–Trinajstić information content (AvgIpc) is 2.94. The molecule has 5 heteroatoms. The fourth-order valence-corrected chi connectivity index (χ4v) is 2.22. The summed E-state index contributed by atoms with van der Waals surface area (Å²) in [5, 5.41) is 9.10. The van der Waals surface area contributed by atoms with Gasteiger partial charge in [-0.3, -0.25) is 4.79 Å². The summed E-state index contributed by atoms with van der Waals surface area (Å²) in [6.45, 7) is 3.14. The summed E-state index contributed by atoms with van der Waals surface area (Å²) in [7, 11) is 1.29. The van der Waals surface area contributed by atoms with Crippen molar-refractivity contribution in [2.24, 2.45) is 0 Å². The van der Waals surface area contributed by atoms with Gasteiger partial charge in [-0.2, -0.15) is 5.26 Å². The van der Waals surface area contributed by atoms with Gasteiger partial charge in [0.1, 0.15) is 11.8 Å². The predicted octanol–water partition coefficient (Wildman–Crippen LogP) is 2.65. The number of methoxy groups -OCH3 is 1. The molecule has 21 heavy (non-hydrogen) atoms. The topological polar surface area (TPSA) is 72.1 Å². The van der Waals surface area contributed by atoms with E-state index >= 15 is 0 Å². The molecule has 0 amide bonds. The van der Waals surface area contributed by atoms with E-state index in [1.807, 2.05) is 0 Å². The number of nitrogens with zero attached hydrogens (tertiary/aromatic N) is 2. The molecule has 2 rings (SSSR count). The fourth-order valence-electron chi connectivity index (χ4n) is 2.22. The van der Waals surface area contributed by atoms with Crippen LogP contribution in [0.25, 0.3) is 5.69 Å². The van der Waals surface area contributed by atoms with Crippen molar-refractivity contribution < 1.29 is 14.3 Å². The molecule has 0 saturated heterocycles. The minimum atomic E-state index is -0.512. The molecule has 0 aliphatic heterocycles. The number of aromatic nitrogens is 1. The highest BCUT2D eigenvalue weighted by atomic mass is 16.5. The molecule has 0 aliphatic rings. The van der Waals surface area contributed by atoms with Crippen LogP contribution in [0, 0.1) is 18.3 Å². The first-order valence-electron chi connectivity index (χ1n) is 6.31. The molecule has 1 heterocycles. The molecule has 0 saturated carbocycles. The summed E-state index contributed by atoms with van der Waals surface area (Å²) in [6.07, 6.45) is 1.70. The molecular formula is C16H14N2O3. The van der Waals surface area contributed by atoms with Crippen molar-refractivity contribution in [2.75, 3.05) is 7.11 Å². The molecule has 2 aromatic rings. The SMILES string of the molecule is COC(=O)c1cc(-n2cccc2C#N)cc(C(C)=O)c1C. The Balaban J connectivity index is 2.74. The minimum absolute atomic E-state index is 0.148. The summed E-state index contributed by atoms with van der Waals surface area (Å²) in [6, 6.07) is 8.74. The molecule has 5 nitrogen and oxygen atoms in total. The highest BCUT2D eigenvalue weighted by Gasteiger charge is 2.17. The van der Waals surface area contributed by atoms with Crippen LogP contribution < -0.4 is 0 Å². The van der Waals surface area contributed by atoms with E-state index < -0.39 is 5.97 Å². The molecule has 0 bridgehead atoms. The smallest absolute Gasteiger partial charge is 0.338 e. The molecule has 0 unspecified atom stereocenters. The van der Waals surface area contributed by atoms with Crippen molar-refractivity contribution in [2.45, 2.75) is 13.8 Å². The maximum atomic E-state index is 11.9. The molecule has 0 spiro atoms. The van der Waals surface area contributed by atoms with Gasteiger partial charge < -0.3 is 9.30 Å². The Morgan fingerprint density at radius 1 is 1.29 bits per heavy atom. The third-order valence-electron chi connectivity index (χ3n) is 3.32. The monoisotopic (exact) mass is 282 g/mol. The second kappa shape index (κ2) is 5.63. The number of hydrogen-bond donors (Lipinski definition) is 0. The third kappa shape index (κ3) is 2.56. The molecule has 0 N–H and O–H groups in total. The standard InChI is InChI=1S/C16H14N2O3/c1-10-14(11(2)19)7-13(8-15(10)16(20)21-3)18-6-4-5-12(18)9-17/h4-8H,1-3H3. The maximum absolute atomic E-state index is 11.9. The maximum Gasteiger partial charge on any atom is 0.338 e. The van der Waals surface area contributed by atoms with E-state index in [2.05, 4.69) is 6.07 Å². The lowest BCUT2D eigenvalue weighted by Crippen LogP contribution is -2.10. The summed E-state index contributed by atoms with van der Waals surface area (Å²) < 4.78 is 6.38. The normalized spacial score (nSPS) is 10.0. The number of esters is 1. The van der Waals surface area contributed by atoms with E-state index in [0.29, 0.717) is 28.1 Å². The molecule has 1 aromatic heterocycles. The number of carbonyl (C=O) groups is 2. The van der Waals surface area contributed by atoms with Crippen LogP contribution in [0.4, 0.5) is 0 Å². The van der Waals surface area contributed by atoms with E-state index in [1.165, 1.54) is 14.0 Å². The molecule has 106 valence electrons. The van der Waals surface area contributed by atoms with Gasteiger partial charge in [0.15, 0.2) is 5.78 Å². The number of ether oxygens (including phenoxy) is 1. The van der Waals surface area contributed by atoms with Crippen molar-refractivity contribution in [1.29, 1.82) is 5.26 Å². The lowest BCUT2D eigenvalue weighted by Gasteiger charge is -2.13. The zero-order chi connectivity index (χ0) is 15.6. The van der Waals surface area contributed by atoms with Crippen LogP contribution in [-0.4, -0.2) is 23.4 Å². The molecule has 0 fully saturated rings. The van der Waals surface area contributed by atoms with Crippen LogP contribution >= 0.6 is 0 Å². The lowest BCUT2D eigenvalue weighted by molar-refractivity contribution is 0.0600. The summed E-state index contributed by atoms with van der Waals surface area (Å²) >= 11 is 0. The Bertz CT molecular complexity index is 766. The molecule has 0 aliphatic carbocycles. The highest BCUT2D eigenvalue weighted by molar-refractivity contribution is 6.01. The van der Waals surface area contributed by atoms with Crippen molar-refractivity contribution in [3.8, 4) is 11.8 Å². The van der Waals surface area contributed by atoms with Gasteiger partial charge in [0, 0.05) is 17.4 Å². The van der Waals surface area contributed by atoms with Gasteiger partial charge in [-0.25, -0.2) is 4.79 Å². The van der Waals surface area contributed by atoms with Gasteiger partial charge in [0.2, 0.25) is 0 Å². The van der Waals surface area contributed by atoms with E-state index in [4.69, 9.17) is 10.00 Å². The van der Waals surface area contributed by atoms with Crippen LogP contribution in [0.2, 0.25) is 0 Å². The average molecular weight is 282 g/mol. The van der Waals surface area contributed by atoms with Crippen LogP contribution in [0.1, 0.15) is 38.9 Å². The van der Waals surface area contributed by atoms with Crippen LogP contribution in [0.3, 0.4) is 0 Å². The van der Waals surface area contributed by atoms with E-state index in [0.717, 1.165) is 0 Å². The Kier molecular flexibility index (Phi) is 3.90. The van der Waals surface area contributed by atoms with Gasteiger partial charge in [-0.15, -0.1) is 0 Å². The zero-order valence-electron chi connectivity index (χ0n) is 12.0. The fraction of sp³-hybridized carbons (Fsp3) is 0.188. The number of benzene rings is 1. The van der Waals surface area contributed by atoms with Gasteiger partial charge in [-0.05, 0) is 43.7 Å². The van der Waals surface area contributed by atoms with Gasteiger partial charge in [-0.1, -0.05) is 0 Å². The summed E-state index contributed by atoms with van der Waals surface area (Å²) in [5.41, 5.74) is 2.32. The van der Waals surface area contributed by atoms with Crippen LogP contribution in [-0.2, 0) is 4.74 Å². The van der Waals surface area contributed by atoms with E-state index in [1.54, 1.807) is 42.0 Å². The van der Waals surface area contributed by atoms with Crippen molar-refractivity contribution >= 4 is 11.8 Å². The lowest BCUT2D eigenvalue weighted by atomic mass is 9.98. The first-order chi connectivity index (χ1) is 9.99. The van der Waals surface area contributed by atoms with Gasteiger partial charge in [0.05, 0.1) is 12.7 Å². The van der Waals surface area contributed by atoms with E-state index in [-0.39, 0.29) is 5.78 Å². The second-order valence-electron chi connectivity index (χ2n) is 4.59. The van der Waals surface area contributed by atoms with Crippen molar-refractivity contribution in [1.82, 2.24) is 4.57 Å². The number of hydrogen-bond acceptors (Lipinski definition) is 4. The number of nitriles is 1. The Morgan fingerprint density at radius 3 is 2.52 bits per heavy atom. The number of Topliss-reactive ketones (excluding diaryl/α,β-unsaturated/α-hetero) is 1. The first-order valence-corrected chi connectivity index (χ1v) is 6.31. The van der Waals surface area contributed by atoms with Gasteiger partial charge >= 0.3 is 5.97 Å². The highest BCUT2D eigenvalue weighted by Crippen LogP contribution is 2.22. The molecule has 0 radical (unpaired) electrons. The molecule has 1 aromatic carbocycles. The van der Waals surface area contributed by atoms with Crippen molar-refractivity contribution in [3.05, 3.63) is 52.8 Å². The predicted molar refractivity (Wildman–Crippen MR) is 76.6 cm³/mol.